The SMILES string of the molecule is Cc1cccc(C=NCc2cc(N3CCOCC3)n3nc(-c4cccs4)cc3n2)c1. The van der Waals surface area contributed by atoms with Crippen LogP contribution in [0, 0.1) is 6.92 Å². The summed E-state index contributed by atoms with van der Waals surface area (Å²) < 4.78 is 7.49. The molecule has 0 saturated carbocycles. The van der Waals surface area contributed by atoms with Crippen molar-refractivity contribution in [3.05, 3.63) is 70.7 Å². The molecule has 0 spiro atoms. The molecule has 4 aromatic rings. The summed E-state index contributed by atoms with van der Waals surface area (Å²) in [6.07, 6.45) is 1.92. The summed E-state index contributed by atoms with van der Waals surface area (Å²) in [6.45, 7) is 5.76. The van der Waals surface area contributed by atoms with E-state index in [1.54, 1.807) is 11.3 Å². The number of anilines is 1. The van der Waals surface area contributed by atoms with E-state index in [9.17, 15) is 0 Å². The van der Waals surface area contributed by atoms with E-state index in [2.05, 4.69) is 64.7 Å². The van der Waals surface area contributed by atoms with Crippen LogP contribution < -0.4 is 4.90 Å². The number of rotatable bonds is 5. The number of thiophene rings is 1. The molecule has 5 rings (SSSR count). The van der Waals surface area contributed by atoms with E-state index < -0.39 is 0 Å². The molecule has 0 bridgehead atoms. The lowest BCUT2D eigenvalue weighted by atomic mass is 10.1. The van der Waals surface area contributed by atoms with E-state index in [4.69, 9.17) is 14.8 Å². The third-order valence-electron chi connectivity index (χ3n) is 5.11. The smallest absolute Gasteiger partial charge is 0.158 e. The van der Waals surface area contributed by atoms with Crippen LogP contribution in [0.4, 0.5) is 5.82 Å². The Labute approximate surface area is 179 Å². The standard InChI is InChI=1S/C23H23N5OS/c1-17-4-2-5-18(12-17)15-24-16-19-13-23(27-7-9-29-10-8-27)28-22(25-19)14-20(26-28)21-6-3-11-30-21/h2-6,11-15H,7-10,16H2,1H3. The lowest BCUT2D eigenvalue weighted by molar-refractivity contribution is 0.122. The molecule has 1 fully saturated rings. The van der Waals surface area contributed by atoms with E-state index >= 15 is 0 Å². The fourth-order valence-corrected chi connectivity index (χ4v) is 4.33. The lowest BCUT2D eigenvalue weighted by Gasteiger charge is -2.29. The Bertz CT molecular complexity index is 1180. The Hall–Kier alpha value is -3.03. The van der Waals surface area contributed by atoms with E-state index in [1.165, 1.54) is 5.56 Å². The first kappa shape index (κ1) is 19.0. The molecule has 1 aliphatic heterocycles. The third-order valence-corrected chi connectivity index (χ3v) is 6.00. The van der Waals surface area contributed by atoms with Crippen LogP contribution >= 0.6 is 11.3 Å². The monoisotopic (exact) mass is 417 g/mol. The molecular weight excluding hydrogens is 394 g/mol. The summed E-state index contributed by atoms with van der Waals surface area (Å²) in [4.78, 5) is 13.0. The van der Waals surface area contributed by atoms with Gasteiger partial charge in [0.2, 0.25) is 0 Å². The predicted octanol–water partition coefficient (Wildman–Crippen LogP) is 4.22. The van der Waals surface area contributed by atoms with Crippen molar-refractivity contribution in [2.45, 2.75) is 13.5 Å². The quantitative estimate of drug-likeness (QED) is 0.456. The Morgan fingerprint density at radius 1 is 1.13 bits per heavy atom. The van der Waals surface area contributed by atoms with Gasteiger partial charge in [-0.2, -0.15) is 9.61 Å². The number of hydrogen-bond donors (Lipinski definition) is 0. The molecule has 1 aliphatic rings. The zero-order valence-electron chi connectivity index (χ0n) is 16.9. The summed E-state index contributed by atoms with van der Waals surface area (Å²) in [7, 11) is 0. The number of hydrogen-bond acceptors (Lipinski definition) is 6. The minimum Gasteiger partial charge on any atom is -0.378 e. The van der Waals surface area contributed by atoms with E-state index in [0.717, 1.165) is 59.6 Å². The highest BCUT2D eigenvalue weighted by molar-refractivity contribution is 7.13. The summed E-state index contributed by atoms with van der Waals surface area (Å²) in [6, 6.07) is 16.6. The molecule has 1 aromatic carbocycles. The van der Waals surface area contributed by atoms with Gasteiger partial charge in [0.05, 0.1) is 30.3 Å². The second-order valence-electron chi connectivity index (χ2n) is 7.37. The molecule has 30 heavy (non-hydrogen) atoms. The molecule has 0 amide bonds. The first-order valence-corrected chi connectivity index (χ1v) is 11.0. The van der Waals surface area contributed by atoms with Gasteiger partial charge in [0.15, 0.2) is 5.65 Å². The Kier molecular flexibility index (Phi) is 5.29. The Balaban J connectivity index is 1.50. The van der Waals surface area contributed by atoms with Gasteiger partial charge in [-0.1, -0.05) is 35.9 Å². The molecule has 1 saturated heterocycles. The fraction of sp³-hybridized carbons (Fsp3) is 0.261. The first-order chi connectivity index (χ1) is 14.8. The Morgan fingerprint density at radius 3 is 2.83 bits per heavy atom. The summed E-state index contributed by atoms with van der Waals surface area (Å²) >= 11 is 1.69. The number of nitrogens with zero attached hydrogens (tertiary/aromatic N) is 5. The average molecular weight is 418 g/mol. The number of ether oxygens (including phenoxy) is 1. The maximum Gasteiger partial charge on any atom is 0.158 e. The minimum atomic E-state index is 0.529. The largest absolute Gasteiger partial charge is 0.378 e. The highest BCUT2D eigenvalue weighted by Crippen LogP contribution is 2.27. The van der Waals surface area contributed by atoms with E-state index in [-0.39, 0.29) is 0 Å². The first-order valence-electron chi connectivity index (χ1n) is 10.1. The zero-order chi connectivity index (χ0) is 20.3. The van der Waals surface area contributed by atoms with Crippen LogP contribution in [0.5, 0.6) is 0 Å². The molecule has 0 N–H and O–H groups in total. The van der Waals surface area contributed by atoms with Gasteiger partial charge in [-0.25, -0.2) is 4.98 Å². The van der Waals surface area contributed by atoms with Crippen LogP contribution in [0.15, 0.2) is 58.9 Å². The van der Waals surface area contributed by atoms with Gasteiger partial charge in [0.25, 0.3) is 0 Å². The molecule has 0 aliphatic carbocycles. The summed E-state index contributed by atoms with van der Waals surface area (Å²) in [5, 5.41) is 6.92. The molecule has 0 radical (unpaired) electrons. The molecular formula is C23H23N5OS. The number of morpholine rings is 1. The summed E-state index contributed by atoms with van der Waals surface area (Å²) in [5.41, 5.74) is 5.07. The van der Waals surface area contributed by atoms with Crippen molar-refractivity contribution >= 4 is 29.0 Å². The average Bonchev–Trinajstić information content (AvgIpc) is 3.44. The second kappa shape index (κ2) is 8.38. The number of benzene rings is 1. The van der Waals surface area contributed by atoms with Crippen molar-refractivity contribution in [2.24, 2.45) is 4.99 Å². The molecule has 3 aromatic heterocycles. The van der Waals surface area contributed by atoms with Gasteiger partial charge in [-0.05, 0) is 23.9 Å². The van der Waals surface area contributed by atoms with Crippen LogP contribution in [0.2, 0.25) is 0 Å². The topological polar surface area (TPSA) is 55.0 Å². The normalized spacial score (nSPS) is 14.8. The fourth-order valence-electron chi connectivity index (χ4n) is 3.65. The predicted molar refractivity (Wildman–Crippen MR) is 122 cm³/mol. The van der Waals surface area contributed by atoms with E-state index in [1.807, 2.05) is 16.8 Å². The van der Waals surface area contributed by atoms with Gasteiger partial charge in [0, 0.05) is 31.4 Å². The maximum absolute atomic E-state index is 5.54. The second-order valence-corrected chi connectivity index (χ2v) is 8.31. The van der Waals surface area contributed by atoms with Gasteiger partial charge in [-0.3, -0.25) is 4.99 Å². The van der Waals surface area contributed by atoms with Crippen LogP contribution in [0.25, 0.3) is 16.2 Å². The highest BCUT2D eigenvalue weighted by atomic mass is 32.1. The van der Waals surface area contributed by atoms with Crippen molar-refractivity contribution in [2.75, 3.05) is 31.2 Å². The van der Waals surface area contributed by atoms with Crippen molar-refractivity contribution in [1.82, 2.24) is 14.6 Å². The minimum absolute atomic E-state index is 0.529. The molecule has 152 valence electrons. The number of aryl methyl sites for hydroxylation is 1. The van der Waals surface area contributed by atoms with Crippen molar-refractivity contribution in [3.8, 4) is 10.6 Å². The molecule has 0 atom stereocenters. The van der Waals surface area contributed by atoms with Crippen molar-refractivity contribution in [1.29, 1.82) is 0 Å². The molecule has 0 unspecified atom stereocenters. The number of aromatic nitrogens is 3. The summed E-state index contributed by atoms with van der Waals surface area (Å²) in [5.74, 6) is 1.05. The number of aliphatic imine (C=N–C) groups is 1. The maximum atomic E-state index is 5.54. The van der Waals surface area contributed by atoms with Crippen LogP contribution in [0.1, 0.15) is 16.8 Å². The van der Waals surface area contributed by atoms with Crippen LogP contribution in [0.3, 0.4) is 0 Å². The molecule has 4 heterocycles. The van der Waals surface area contributed by atoms with Gasteiger partial charge < -0.3 is 9.64 Å². The highest BCUT2D eigenvalue weighted by Gasteiger charge is 2.18. The molecule has 6 nitrogen and oxygen atoms in total. The van der Waals surface area contributed by atoms with Gasteiger partial charge in [0.1, 0.15) is 11.5 Å². The van der Waals surface area contributed by atoms with Gasteiger partial charge in [-0.15, -0.1) is 11.3 Å². The molecule has 7 heteroatoms. The lowest BCUT2D eigenvalue weighted by Crippen LogP contribution is -2.37. The van der Waals surface area contributed by atoms with Crippen LogP contribution in [-0.2, 0) is 11.3 Å². The van der Waals surface area contributed by atoms with Crippen molar-refractivity contribution in [3.63, 3.8) is 0 Å². The van der Waals surface area contributed by atoms with E-state index in [0.29, 0.717) is 6.54 Å². The van der Waals surface area contributed by atoms with Gasteiger partial charge >= 0.3 is 0 Å². The third kappa shape index (κ3) is 3.99. The zero-order valence-corrected chi connectivity index (χ0v) is 17.7. The Morgan fingerprint density at radius 2 is 2.03 bits per heavy atom. The van der Waals surface area contributed by atoms with Crippen LogP contribution in [-0.4, -0.2) is 47.1 Å². The van der Waals surface area contributed by atoms with Crippen molar-refractivity contribution < 1.29 is 4.74 Å². The number of fused-ring (bicyclic) bond motifs is 1.